The molecule has 2 unspecified atom stereocenters. The van der Waals surface area contributed by atoms with E-state index in [-0.39, 0.29) is 0 Å². The van der Waals surface area contributed by atoms with Crippen LogP contribution in [0.25, 0.3) is 0 Å². The number of hydrogen-bond donors (Lipinski definition) is 0. The van der Waals surface area contributed by atoms with Gasteiger partial charge in [-0.1, -0.05) is 0 Å². The normalized spacial score (nSPS) is 25.2. The van der Waals surface area contributed by atoms with Gasteiger partial charge in [0, 0.05) is 18.4 Å². The number of methoxy groups -OCH3 is 1. The molecular formula is C13H21ClN2O. The van der Waals surface area contributed by atoms with Crippen molar-refractivity contribution in [2.75, 3.05) is 7.11 Å². The zero-order chi connectivity index (χ0) is 12.4. The number of hydrogen-bond acceptors (Lipinski definition) is 2. The number of alkyl halides is 1. The van der Waals surface area contributed by atoms with Crippen LogP contribution in [-0.4, -0.2) is 23.0 Å². The van der Waals surface area contributed by atoms with Crippen molar-refractivity contribution < 1.29 is 4.74 Å². The highest BCUT2D eigenvalue weighted by Gasteiger charge is 2.25. The van der Waals surface area contributed by atoms with Crippen molar-refractivity contribution in [3.8, 4) is 0 Å². The SMILES string of the molecule is COC1CCCC(n2nc(C)c(CCl)c2C)C1. The summed E-state index contributed by atoms with van der Waals surface area (Å²) in [4.78, 5) is 0. The van der Waals surface area contributed by atoms with Crippen molar-refractivity contribution in [2.24, 2.45) is 0 Å². The minimum Gasteiger partial charge on any atom is -0.381 e. The molecule has 0 aliphatic heterocycles. The number of aryl methyl sites for hydroxylation is 1. The van der Waals surface area contributed by atoms with Crippen LogP contribution in [-0.2, 0) is 10.6 Å². The summed E-state index contributed by atoms with van der Waals surface area (Å²) in [6.07, 6.45) is 5.05. The Hall–Kier alpha value is -0.540. The molecule has 96 valence electrons. The van der Waals surface area contributed by atoms with Crippen LogP contribution in [0, 0.1) is 13.8 Å². The van der Waals surface area contributed by atoms with Gasteiger partial charge in [-0.3, -0.25) is 4.68 Å². The Kier molecular flexibility index (Phi) is 4.10. The fourth-order valence-electron chi connectivity index (χ4n) is 2.80. The third-order valence-electron chi connectivity index (χ3n) is 3.89. The number of halogens is 1. The minimum absolute atomic E-state index is 0.386. The first-order chi connectivity index (χ1) is 8.17. The lowest BCUT2D eigenvalue weighted by molar-refractivity contribution is 0.0503. The molecule has 1 aliphatic carbocycles. The summed E-state index contributed by atoms with van der Waals surface area (Å²) in [6, 6.07) is 0.476. The van der Waals surface area contributed by atoms with Crippen molar-refractivity contribution in [3.63, 3.8) is 0 Å². The van der Waals surface area contributed by atoms with E-state index in [4.69, 9.17) is 16.3 Å². The summed E-state index contributed by atoms with van der Waals surface area (Å²) in [5.74, 6) is 0.554. The van der Waals surface area contributed by atoms with Gasteiger partial charge in [-0.2, -0.15) is 5.10 Å². The molecule has 1 aliphatic rings. The smallest absolute Gasteiger partial charge is 0.0640 e. The van der Waals surface area contributed by atoms with Crippen LogP contribution in [0.1, 0.15) is 48.7 Å². The highest BCUT2D eigenvalue weighted by molar-refractivity contribution is 6.17. The van der Waals surface area contributed by atoms with E-state index in [9.17, 15) is 0 Å². The van der Waals surface area contributed by atoms with Crippen LogP contribution in [0.15, 0.2) is 0 Å². The van der Waals surface area contributed by atoms with Gasteiger partial charge in [-0.25, -0.2) is 0 Å². The predicted octanol–water partition coefficient (Wildman–Crippen LogP) is 3.37. The predicted molar refractivity (Wildman–Crippen MR) is 69.6 cm³/mol. The summed E-state index contributed by atoms with van der Waals surface area (Å²) in [5.41, 5.74) is 3.47. The molecule has 0 amide bonds. The van der Waals surface area contributed by atoms with Gasteiger partial charge >= 0.3 is 0 Å². The molecule has 1 fully saturated rings. The van der Waals surface area contributed by atoms with Crippen molar-refractivity contribution >= 4 is 11.6 Å². The molecule has 1 aromatic rings. The molecule has 2 atom stereocenters. The maximum Gasteiger partial charge on any atom is 0.0640 e. The third-order valence-corrected chi connectivity index (χ3v) is 4.15. The highest BCUT2D eigenvalue weighted by atomic mass is 35.5. The van der Waals surface area contributed by atoms with E-state index < -0.39 is 0 Å². The monoisotopic (exact) mass is 256 g/mol. The molecule has 1 saturated carbocycles. The number of ether oxygens (including phenoxy) is 1. The second-order valence-corrected chi connectivity index (χ2v) is 5.17. The zero-order valence-electron chi connectivity index (χ0n) is 10.9. The van der Waals surface area contributed by atoms with Gasteiger partial charge in [0.1, 0.15) is 0 Å². The number of aromatic nitrogens is 2. The molecule has 0 saturated heterocycles. The minimum atomic E-state index is 0.386. The van der Waals surface area contributed by atoms with Crippen LogP contribution < -0.4 is 0 Å². The molecule has 3 nitrogen and oxygen atoms in total. The fraction of sp³-hybridized carbons (Fsp3) is 0.769. The Morgan fingerprint density at radius 1 is 1.41 bits per heavy atom. The molecule has 0 radical (unpaired) electrons. The van der Waals surface area contributed by atoms with E-state index in [1.165, 1.54) is 30.5 Å². The molecule has 1 aromatic heterocycles. The largest absolute Gasteiger partial charge is 0.381 e. The van der Waals surface area contributed by atoms with Gasteiger partial charge < -0.3 is 4.74 Å². The van der Waals surface area contributed by atoms with Crippen LogP contribution in [0.2, 0.25) is 0 Å². The molecule has 0 aromatic carbocycles. The summed E-state index contributed by atoms with van der Waals surface area (Å²) in [6.45, 7) is 4.16. The summed E-state index contributed by atoms with van der Waals surface area (Å²) < 4.78 is 7.64. The Balaban J connectivity index is 2.22. The van der Waals surface area contributed by atoms with E-state index in [0.717, 1.165) is 12.1 Å². The van der Waals surface area contributed by atoms with E-state index >= 15 is 0 Å². The average molecular weight is 257 g/mol. The van der Waals surface area contributed by atoms with Gasteiger partial charge in [0.15, 0.2) is 0 Å². The number of rotatable bonds is 3. The van der Waals surface area contributed by atoms with Gasteiger partial charge in [-0.15, -0.1) is 11.6 Å². The molecule has 1 heterocycles. The van der Waals surface area contributed by atoms with Crippen LogP contribution in [0.5, 0.6) is 0 Å². The van der Waals surface area contributed by atoms with Crippen molar-refractivity contribution in [1.82, 2.24) is 9.78 Å². The van der Waals surface area contributed by atoms with Gasteiger partial charge in [0.2, 0.25) is 0 Å². The van der Waals surface area contributed by atoms with E-state index in [0.29, 0.717) is 18.0 Å². The first-order valence-electron chi connectivity index (χ1n) is 6.30. The topological polar surface area (TPSA) is 27.1 Å². The maximum absolute atomic E-state index is 5.97. The molecule has 2 rings (SSSR count). The van der Waals surface area contributed by atoms with Crippen LogP contribution in [0.4, 0.5) is 0 Å². The Bertz CT molecular complexity index is 389. The van der Waals surface area contributed by atoms with Gasteiger partial charge in [-0.05, 0) is 39.5 Å². The Labute approximate surface area is 108 Å². The zero-order valence-corrected chi connectivity index (χ0v) is 11.6. The second kappa shape index (κ2) is 5.40. The lowest BCUT2D eigenvalue weighted by Crippen LogP contribution is -2.25. The van der Waals surface area contributed by atoms with E-state index in [1.807, 2.05) is 6.92 Å². The third kappa shape index (κ3) is 2.50. The quantitative estimate of drug-likeness (QED) is 0.776. The summed E-state index contributed by atoms with van der Waals surface area (Å²) in [7, 11) is 1.80. The lowest BCUT2D eigenvalue weighted by Gasteiger charge is -2.29. The van der Waals surface area contributed by atoms with Gasteiger partial charge in [0.25, 0.3) is 0 Å². The molecule has 0 bridgehead atoms. The van der Waals surface area contributed by atoms with E-state index in [2.05, 4.69) is 16.7 Å². The van der Waals surface area contributed by atoms with Crippen LogP contribution in [0.3, 0.4) is 0 Å². The van der Waals surface area contributed by atoms with Crippen molar-refractivity contribution in [1.29, 1.82) is 0 Å². The Morgan fingerprint density at radius 3 is 2.76 bits per heavy atom. The first-order valence-corrected chi connectivity index (χ1v) is 6.84. The van der Waals surface area contributed by atoms with Crippen molar-refractivity contribution in [3.05, 3.63) is 17.0 Å². The van der Waals surface area contributed by atoms with Crippen LogP contribution >= 0.6 is 11.6 Å². The van der Waals surface area contributed by atoms with Gasteiger partial charge in [0.05, 0.1) is 23.7 Å². The Morgan fingerprint density at radius 2 is 2.18 bits per heavy atom. The maximum atomic E-state index is 5.97. The average Bonchev–Trinajstić information content (AvgIpc) is 2.64. The highest BCUT2D eigenvalue weighted by Crippen LogP contribution is 2.31. The fourth-order valence-corrected chi connectivity index (χ4v) is 3.19. The molecule has 0 N–H and O–H groups in total. The first kappa shape index (κ1) is 12.9. The van der Waals surface area contributed by atoms with E-state index in [1.54, 1.807) is 7.11 Å². The van der Waals surface area contributed by atoms with Crippen molar-refractivity contribution in [2.45, 2.75) is 57.6 Å². The molecule has 17 heavy (non-hydrogen) atoms. The molecule has 0 spiro atoms. The standard InChI is InChI=1S/C13H21ClN2O/c1-9-13(8-14)10(2)16(15-9)11-5-4-6-12(7-11)17-3/h11-12H,4-8H2,1-3H3. The summed E-state index contributed by atoms with van der Waals surface area (Å²) >= 11 is 5.97. The number of nitrogens with zero attached hydrogens (tertiary/aromatic N) is 2. The molecular weight excluding hydrogens is 236 g/mol. The lowest BCUT2D eigenvalue weighted by atomic mass is 9.93. The second-order valence-electron chi connectivity index (χ2n) is 4.91. The molecule has 4 heteroatoms. The summed E-state index contributed by atoms with van der Waals surface area (Å²) in [5, 5.41) is 4.65.